The van der Waals surface area contributed by atoms with Gasteiger partial charge in [0.25, 0.3) is 5.56 Å². The molecule has 4 rings (SSSR count). The van der Waals surface area contributed by atoms with Crippen LogP contribution in [-0.2, 0) is 4.74 Å². The Bertz CT molecular complexity index is 1020. The van der Waals surface area contributed by atoms with Gasteiger partial charge in [-0.1, -0.05) is 40.9 Å². The fourth-order valence-corrected chi connectivity index (χ4v) is 4.49. The predicted molar refractivity (Wildman–Crippen MR) is 110 cm³/mol. The summed E-state index contributed by atoms with van der Waals surface area (Å²) in [5.41, 5.74) is 0.586. The molecule has 0 amide bonds. The minimum Gasteiger partial charge on any atom is -0.369 e. The van der Waals surface area contributed by atoms with Gasteiger partial charge in [-0.3, -0.25) is 4.79 Å². The molecular weight excluding hydrogens is 429 g/mol. The van der Waals surface area contributed by atoms with Crippen molar-refractivity contribution in [1.82, 2.24) is 9.78 Å². The highest BCUT2D eigenvalue weighted by Crippen LogP contribution is 2.31. The van der Waals surface area contributed by atoms with E-state index >= 15 is 0 Å². The molecular formula is C18H14Cl3N3O2S. The fourth-order valence-electron chi connectivity index (χ4n) is 2.98. The Kier molecular flexibility index (Phi) is 5.43. The molecule has 140 valence electrons. The Labute approximate surface area is 174 Å². The first-order valence-corrected chi connectivity index (χ1v) is 10.2. The summed E-state index contributed by atoms with van der Waals surface area (Å²) in [6, 6.07) is 8.87. The Morgan fingerprint density at radius 2 is 2.04 bits per heavy atom. The van der Waals surface area contributed by atoms with Crippen LogP contribution in [0.2, 0.25) is 15.1 Å². The molecule has 1 aliphatic rings. The highest BCUT2D eigenvalue weighted by atomic mass is 35.5. The number of ether oxygens (including phenoxy) is 1. The van der Waals surface area contributed by atoms with E-state index in [-0.39, 0.29) is 11.1 Å². The highest BCUT2D eigenvalue weighted by molar-refractivity contribution is 7.10. The Morgan fingerprint density at radius 3 is 2.78 bits per heavy atom. The van der Waals surface area contributed by atoms with Crippen molar-refractivity contribution in [2.24, 2.45) is 0 Å². The zero-order chi connectivity index (χ0) is 19.0. The highest BCUT2D eigenvalue weighted by Gasteiger charge is 2.26. The van der Waals surface area contributed by atoms with E-state index in [1.54, 1.807) is 35.7 Å². The normalized spacial score (nSPS) is 17.3. The van der Waals surface area contributed by atoms with Crippen LogP contribution in [0.15, 0.2) is 46.7 Å². The summed E-state index contributed by atoms with van der Waals surface area (Å²) < 4.78 is 7.04. The average molecular weight is 443 g/mol. The zero-order valence-corrected chi connectivity index (χ0v) is 17.0. The van der Waals surface area contributed by atoms with Crippen LogP contribution < -0.4 is 10.5 Å². The van der Waals surface area contributed by atoms with Crippen LogP contribution in [0.1, 0.15) is 11.0 Å². The second-order valence-electron chi connectivity index (χ2n) is 5.98. The van der Waals surface area contributed by atoms with Gasteiger partial charge in [0.1, 0.15) is 11.1 Å². The molecule has 27 heavy (non-hydrogen) atoms. The van der Waals surface area contributed by atoms with Crippen LogP contribution in [0.25, 0.3) is 5.69 Å². The topological polar surface area (TPSA) is 47.4 Å². The van der Waals surface area contributed by atoms with E-state index in [1.807, 2.05) is 22.4 Å². The molecule has 0 radical (unpaired) electrons. The molecule has 3 heterocycles. The van der Waals surface area contributed by atoms with Crippen molar-refractivity contribution in [3.8, 4) is 5.69 Å². The number of thiophene rings is 1. The van der Waals surface area contributed by atoms with Gasteiger partial charge < -0.3 is 9.64 Å². The third kappa shape index (κ3) is 3.73. The fraction of sp³-hybridized carbons (Fsp3) is 0.222. The predicted octanol–water partition coefficient (Wildman–Crippen LogP) is 4.83. The van der Waals surface area contributed by atoms with E-state index in [4.69, 9.17) is 39.5 Å². The van der Waals surface area contributed by atoms with Gasteiger partial charge in [-0.15, -0.1) is 11.3 Å². The molecule has 1 aliphatic heterocycles. The van der Waals surface area contributed by atoms with Crippen LogP contribution in [0.5, 0.6) is 0 Å². The number of halogens is 3. The number of morpholine rings is 1. The van der Waals surface area contributed by atoms with E-state index in [9.17, 15) is 4.79 Å². The summed E-state index contributed by atoms with van der Waals surface area (Å²) in [6.07, 6.45) is 1.54. The molecule has 0 saturated carbocycles. The molecule has 9 heteroatoms. The number of nitrogens with zero attached hydrogens (tertiary/aromatic N) is 3. The maximum absolute atomic E-state index is 12.8. The van der Waals surface area contributed by atoms with E-state index in [0.29, 0.717) is 41.1 Å². The number of benzene rings is 1. The van der Waals surface area contributed by atoms with E-state index in [1.165, 1.54) is 4.68 Å². The second-order valence-corrected chi connectivity index (χ2v) is 8.18. The van der Waals surface area contributed by atoms with Gasteiger partial charge in [-0.2, -0.15) is 9.78 Å². The molecule has 0 aliphatic carbocycles. The van der Waals surface area contributed by atoms with Gasteiger partial charge in [-0.05, 0) is 29.6 Å². The Hall–Kier alpha value is -1.57. The smallest absolute Gasteiger partial charge is 0.292 e. The van der Waals surface area contributed by atoms with Crippen LogP contribution in [-0.4, -0.2) is 29.5 Å². The van der Waals surface area contributed by atoms with Crippen molar-refractivity contribution < 1.29 is 4.74 Å². The average Bonchev–Trinajstić information content (AvgIpc) is 3.19. The Balaban J connectivity index is 1.67. The van der Waals surface area contributed by atoms with Crippen LogP contribution in [0, 0.1) is 0 Å². The first kappa shape index (κ1) is 18.8. The summed E-state index contributed by atoms with van der Waals surface area (Å²) in [6.45, 7) is 1.78. The number of anilines is 1. The molecule has 0 N–H and O–H groups in total. The molecule has 1 atom stereocenters. The van der Waals surface area contributed by atoms with Gasteiger partial charge >= 0.3 is 0 Å². The van der Waals surface area contributed by atoms with Crippen molar-refractivity contribution in [3.63, 3.8) is 0 Å². The van der Waals surface area contributed by atoms with Gasteiger partial charge in [-0.25, -0.2) is 0 Å². The van der Waals surface area contributed by atoms with Gasteiger partial charge in [0, 0.05) is 23.0 Å². The van der Waals surface area contributed by atoms with Gasteiger partial charge in [0.2, 0.25) is 0 Å². The summed E-state index contributed by atoms with van der Waals surface area (Å²) >= 11 is 20.2. The maximum Gasteiger partial charge on any atom is 0.292 e. The van der Waals surface area contributed by atoms with Crippen molar-refractivity contribution in [1.29, 1.82) is 0 Å². The Morgan fingerprint density at radius 1 is 1.19 bits per heavy atom. The quantitative estimate of drug-likeness (QED) is 0.583. The minimum absolute atomic E-state index is 0.0528. The molecule has 1 fully saturated rings. The molecule has 1 unspecified atom stereocenters. The lowest BCUT2D eigenvalue weighted by atomic mass is 10.2. The summed E-state index contributed by atoms with van der Waals surface area (Å²) in [5.74, 6) is 0. The van der Waals surface area contributed by atoms with Crippen molar-refractivity contribution in [2.45, 2.75) is 6.10 Å². The summed E-state index contributed by atoms with van der Waals surface area (Å²) in [4.78, 5) is 16.0. The molecule has 2 aromatic heterocycles. The lowest BCUT2D eigenvalue weighted by molar-refractivity contribution is 0.0421. The zero-order valence-electron chi connectivity index (χ0n) is 13.9. The SMILES string of the molecule is O=c1c(Cl)c(N2CCOC(c3cccs3)C2)cnn1-c1ccc(Cl)cc1Cl. The lowest BCUT2D eigenvalue weighted by Gasteiger charge is -2.34. The van der Waals surface area contributed by atoms with Crippen molar-refractivity contribution in [3.05, 3.63) is 72.2 Å². The largest absolute Gasteiger partial charge is 0.369 e. The molecule has 1 aromatic carbocycles. The molecule has 5 nitrogen and oxygen atoms in total. The monoisotopic (exact) mass is 441 g/mol. The summed E-state index contributed by atoms with van der Waals surface area (Å²) in [7, 11) is 0. The van der Waals surface area contributed by atoms with E-state index < -0.39 is 5.56 Å². The van der Waals surface area contributed by atoms with Crippen molar-refractivity contribution >= 4 is 51.8 Å². The number of rotatable bonds is 3. The van der Waals surface area contributed by atoms with Gasteiger partial charge in [0.15, 0.2) is 0 Å². The lowest BCUT2D eigenvalue weighted by Crippen LogP contribution is -2.39. The number of hydrogen-bond acceptors (Lipinski definition) is 5. The third-order valence-corrected chi connectivity index (χ3v) is 6.16. The van der Waals surface area contributed by atoms with E-state index in [2.05, 4.69) is 5.10 Å². The third-order valence-electron chi connectivity index (χ3n) is 4.31. The van der Waals surface area contributed by atoms with Crippen LogP contribution in [0.3, 0.4) is 0 Å². The van der Waals surface area contributed by atoms with Crippen LogP contribution in [0.4, 0.5) is 5.69 Å². The summed E-state index contributed by atoms with van der Waals surface area (Å²) in [5, 5.41) is 7.20. The van der Waals surface area contributed by atoms with Crippen LogP contribution >= 0.6 is 46.1 Å². The number of hydrogen-bond donors (Lipinski definition) is 0. The molecule has 0 bridgehead atoms. The first-order chi connectivity index (χ1) is 13.0. The molecule has 3 aromatic rings. The molecule has 1 saturated heterocycles. The van der Waals surface area contributed by atoms with Gasteiger partial charge in [0.05, 0.1) is 29.2 Å². The number of aromatic nitrogens is 2. The molecule has 0 spiro atoms. The standard InChI is InChI=1S/C18H14Cl3N3O2S/c19-11-3-4-13(12(20)8-11)24-18(25)17(21)14(9-22-24)23-5-6-26-15(10-23)16-2-1-7-27-16/h1-4,7-9,15H,5-6,10H2. The van der Waals surface area contributed by atoms with E-state index in [0.717, 1.165) is 4.88 Å². The maximum atomic E-state index is 12.8. The van der Waals surface area contributed by atoms with Crippen molar-refractivity contribution in [2.75, 3.05) is 24.6 Å². The first-order valence-electron chi connectivity index (χ1n) is 8.18. The second kappa shape index (κ2) is 7.81. The minimum atomic E-state index is -0.433.